The van der Waals surface area contributed by atoms with Crippen LogP contribution in [0.5, 0.6) is 0 Å². The van der Waals surface area contributed by atoms with Crippen LogP contribution in [0.15, 0.2) is 12.2 Å². The fourth-order valence-corrected chi connectivity index (χ4v) is 0.253. The Bertz CT molecular complexity index is 129. The molecule has 0 saturated carbocycles. The van der Waals surface area contributed by atoms with Crippen molar-refractivity contribution in [3.05, 3.63) is 12.2 Å². The largest absolute Gasteiger partial charge is 0.478 e. The van der Waals surface area contributed by atoms with Gasteiger partial charge in [-0.2, -0.15) is 0 Å². The van der Waals surface area contributed by atoms with Crippen molar-refractivity contribution in [3.63, 3.8) is 0 Å². The van der Waals surface area contributed by atoms with E-state index >= 15 is 0 Å². The molecule has 0 aliphatic carbocycles. The summed E-state index contributed by atoms with van der Waals surface area (Å²) in [6.45, 7) is 2.41. The van der Waals surface area contributed by atoms with Crippen molar-refractivity contribution in [1.29, 1.82) is 0 Å². The molecule has 9 heavy (non-hydrogen) atoms. The number of aliphatic carboxylic acids is 1. The van der Waals surface area contributed by atoms with Crippen LogP contribution in [0.3, 0.4) is 0 Å². The topological polar surface area (TPSA) is 77.8 Å². The average molecular weight is 132 g/mol. The molecule has 0 fully saturated rings. The predicted octanol–water partition coefficient (Wildman–Crippen LogP) is -1.02. The number of carboxylic acid groups (broad SMARTS) is 1. The first-order valence-electron chi connectivity index (χ1n) is 2.30. The van der Waals surface area contributed by atoms with Gasteiger partial charge in [0.05, 0.1) is 12.2 Å². The Kier molecular flexibility index (Phi) is 2.90. The van der Waals surface area contributed by atoms with Gasteiger partial charge in [0.2, 0.25) is 0 Å². The van der Waals surface area contributed by atoms with Gasteiger partial charge in [0.25, 0.3) is 0 Å². The maximum atomic E-state index is 9.93. The summed E-state index contributed by atoms with van der Waals surface area (Å²) in [7, 11) is 0. The van der Waals surface area contributed by atoms with Crippen LogP contribution in [-0.2, 0) is 4.79 Å². The molecule has 3 N–H and O–H groups in total. The third-order valence-electron chi connectivity index (χ3n) is 0.850. The minimum Gasteiger partial charge on any atom is -0.478 e. The highest BCUT2D eigenvalue weighted by atomic mass is 16.4. The van der Waals surface area contributed by atoms with Crippen LogP contribution in [0.25, 0.3) is 0 Å². The number of rotatable bonds is 3. The molecule has 0 aromatic rings. The van der Waals surface area contributed by atoms with Crippen molar-refractivity contribution in [2.24, 2.45) is 0 Å². The van der Waals surface area contributed by atoms with Gasteiger partial charge in [0, 0.05) is 0 Å². The Balaban J connectivity index is 3.88. The van der Waals surface area contributed by atoms with Crippen LogP contribution in [0, 0.1) is 0 Å². The second-order valence-corrected chi connectivity index (χ2v) is 1.53. The fraction of sp³-hybridized carbons (Fsp3) is 0.400. The Morgan fingerprint density at radius 2 is 2.11 bits per heavy atom. The van der Waals surface area contributed by atoms with E-state index in [-0.39, 0.29) is 0 Å². The molecule has 0 heterocycles. The Morgan fingerprint density at radius 3 is 2.22 bits per heavy atom. The molecule has 1 atom stereocenters. The highest BCUT2D eigenvalue weighted by Crippen LogP contribution is 1.96. The van der Waals surface area contributed by atoms with E-state index in [1.807, 2.05) is 0 Å². The molecule has 4 heteroatoms. The molecular weight excluding hydrogens is 124 g/mol. The van der Waals surface area contributed by atoms with Crippen LogP contribution in [0.2, 0.25) is 0 Å². The Morgan fingerprint density at radius 1 is 1.67 bits per heavy atom. The number of aliphatic hydroxyl groups excluding tert-OH is 2. The predicted molar refractivity (Wildman–Crippen MR) is 29.9 cm³/mol. The number of hydrogen-bond donors (Lipinski definition) is 3. The van der Waals surface area contributed by atoms with E-state index in [0.717, 1.165) is 0 Å². The highest BCUT2D eigenvalue weighted by molar-refractivity contribution is 5.86. The van der Waals surface area contributed by atoms with Gasteiger partial charge in [-0.3, -0.25) is 0 Å². The summed E-state index contributed by atoms with van der Waals surface area (Å²) in [5, 5.41) is 24.9. The molecule has 0 rings (SSSR count). The Hall–Kier alpha value is -0.870. The number of aliphatic hydroxyl groups is 2. The lowest BCUT2D eigenvalue weighted by Gasteiger charge is -2.03. The summed E-state index contributed by atoms with van der Waals surface area (Å²) in [6.07, 6.45) is -1.34. The smallest absolute Gasteiger partial charge is 0.333 e. The minimum atomic E-state index is -1.34. The van der Waals surface area contributed by atoms with Crippen molar-refractivity contribution in [2.75, 3.05) is 6.61 Å². The summed E-state index contributed by atoms with van der Waals surface area (Å²) in [5.41, 5.74) is -0.391. The van der Waals surface area contributed by atoms with Gasteiger partial charge in [-0.15, -0.1) is 0 Å². The Labute approximate surface area is 52.1 Å². The van der Waals surface area contributed by atoms with E-state index in [1.165, 1.54) is 0 Å². The summed E-state index contributed by atoms with van der Waals surface area (Å²) < 4.78 is 0. The van der Waals surface area contributed by atoms with E-state index in [1.54, 1.807) is 0 Å². The zero-order valence-corrected chi connectivity index (χ0v) is 4.74. The third-order valence-corrected chi connectivity index (χ3v) is 0.850. The first-order valence-corrected chi connectivity index (χ1v) is 2.30. The van der Waals surface area contributed by atoms with Crippen LogP contribution in [0.1, 0.15) is 0 Å². The molecular formula is C5H8O4. The monoisotopic (exact) mass is 132 g/mol. The molecule has 0 bridgehead atoms. The molecule has 0 saturated heterocycles. The van der Waals surface area contributed by atoms with Crippen LogP contribution in [0.4, 0.5) is 0 Å². The van der Waals surface area contributed by atoms with Gasteiger partial charge >= 0.3 is 5.97 Å². The van der Waals surface area contributed by atoms with Crippen molar-refractivity contribution in [1.82, 2.24) is 0 Å². The summed E-state index contributed by atoms with van der Waals surface area (Å²) in [4.78, 5) is 9.93. The molecule has 4 nitrogen and oxygen atoms in total. The van der Waals surface area contributed by atoms with Crippen molar-refractivity contribution < 1.29 is 20.1 Å². The van der Waals surface area contributed by atoms with E-state index in [0.29, 0.717) is 0 Å². The van der Waals surface area contributed by atoms with E-state index in [9.17, 15) is 4.79 Å². The van der Waals surface area contributed by atoms with E-state index < -0.39 is 24.3 Å². The second-order valence-electron chi connectivity index (χ2n) is 1.53. The van der Waals surface area contributed by atoms with Gasteiger partial charge in [-0.25, -0.2) is 4.79 Å². The zero-order chi connectivity index (χ0) is 7.44. The molecule has 0 aromatic heterocycles. The lowest BCUT2D eigenvalue weighted by molar-refractivity contribution is -0.134. The van der Waals surface area contributed by atoms with E-state index in [4.69, 9.17) is 15.3 Å². The lowest BCUT2D eigenvalue weighted by atomic mass is 10.2. The summed E-state index contributed by atoms with van der Waals surface area (Å²) in [5.74, 6) is -1.29. The lowest BCUT2D eigenvalue weighted by Crippen LogP contribution is -2.20. The highest BCUT2D eigenvalue weighted by Gasteiger charge is 2.12. The first kappa shape index (κ1) is 8.13. The van der Waals surface area contributed by atoms with E-state index in [2.05, 4.69) is 6.58 Å². The second kappa shape index (κ2) is 3.21. The zero-order valence-electron chi connectivity index (χ0n) is 4.74. The third kappa shape index (κ3) is 2.25. The maximum absolute atomic E-state index is 9.93. The SMILES string of the molecule is C=C(C(=O)O)[C@H](O)CO. The maximum Gasteiger partial charge on any atom is 0.333 e. The van der Waals surface area contributed by atoms with Crippen molar-refractivity contribution in [3.8, 4) is 0 Å². The number of carbonyl (C=O) groups is 1. The number of hydrogen-bond acceptors (Lipinski definition) is 3. The molecule has 0 unspecified atom stereocenters. The standard InChI is InChI=1S/C5H8O4/c1-3(5(8)9)4(7)2-6/h4,6-7H,1-2H2,(H,8,9)/t4-/m1/s1. The van der Waals surface area contributed by atoms with Gasteiger partial charge in [-0.1, -0.05) is 6.58 Å². The molecule has 0 aliphatic heterocycles. The fourth-order valence-electron chi connectivity index (χ4n) is 0.253. The average Bonchev–Trinajstić information content (AvgIpc) is 1.84. The first-order chi connectivity index (χ1) is 4.09. The molecule has 52 valence electrons. The summed E-state index contributed by atoms with van der Waals surface area (Å²) in [6, 6.07) is 0. The van der Waals surface area contributed by atoms with Crippen LogP contribution < -0.4 is 0 Å². The van der Waals surface area contributed by atoms with Gasteiger partial charge in [0.1, 0.15) is 6.10 Å². The summed E-state index contributed by atoms with van der Waals surface area (Å²) >= 11 is 0. The van der Waals surface area contributed by atoms with Crippen LogP contribution >= 0.6 is 0 Å². The van der Waals surface area contributed by atoms with Gasteiger partial charge < -0.3 is 15.3 Å². The van der Waals surface area contributed by atoms with Crippen molar-refractivity contribution >= 4 is 5.97 Å². The van der Waals surface area contributed by atoms with Gasteiger partial charge in [0.15, 0.2) is 0 Å². The number of carboxylic acids is 1. The molecule has 0 spiro atoms. The normalized spacial score (nSPS) is 12.7. The molecule has 0 aliphatic rings. The minimum absolute atomic E-state index is 0.391. The molecule has 0 radical (unpaired) electrons. The van der Waals surface area contributed by atoms with Crippen LogP contribution in [-0.4, -0.2) is 34.0 Å². The van der Waals surface area contributed by atoms with Gasteiger partial charge in [-0.05, 0) is 0 Å². The quantitative estimate of drug-likeness (QED) is 0.429. The molecule has 0 aromatic carbocycles. The van der Waals surface area contributed by atoms with Crippen molar-refractivity contribution in [2.45, 2.75) is 6.10 Å². The molecule has 0 amide bonds.